The van der Waals surface area contributed by atoms with Crippen LogP contribution in [0.5, 0.6) is 5.75 Å². The van der Waals surface area contributed by atoms with Crippen LogP contribution in [0.25, 0.3) is 0 Å². The van der Waals surface area contributed by atoms with Gasteiger partial charge in [-0.2, -0.15) is 0 Å². The number of carbonyl (C=O) groups is 2. The molecule has 5 heteroatoms. The zero-order valence-electron chi connectivity index (χ0n) is 13.3. The van der Waals surface area contributed by atoms with E-state index in [-0.39, 0.29) is 11.8 Å². The molecule has 0 saturated carbocycles. The van der Waals surface area contributed by atoms with Crippen molar-refractivity contribution in [2.75, 3.05) is 12.3 Å². The summed E-state index contributed by atoms with van der Waals surface area (Å²) in [5, 5.41) is 0. The fourth-order valence-corrected chi connectivity index (χ4v) is 3.34. The quantitative estimate of drug-likeness (QED) is 0.571. The van der Waals surface area contributed by atoms with Crippen LogP contribution in [0.1, 0.15) is 18.4 Å². The van der Waals surface area contributed by atoms with E-state index in [0.29, 0.717) is 31.7 Å². The third kappa shape index (κ3) is 4.38. The summed E-state index contributed by atoms with van der Waals surface area (Å²) in [6.07, 6.45) is 0.716. The minimum Gasteiger partial charge on any atom is -0.489 e. The number of amides is 2. The van der Waals surface area contributed by atoms with Crippen LogP contribution in [-0.4, -0.2) is 29.0 Å². The highest BCUT2D eigenvalue weighted by molar-refractivity contribution is 7.99. The van der Waals surface area contributed by atoms with Crippen molar-refractivity contribution in [3.05, 3.63) is 60.2 Å². The Hall–Kier alpha value is -2.27. The van der Waals surface area contributed by atoms with Crippen molar-refractivity contribution in [2.45, 2.75) is 24.3 Å². The Morgan fingerprint density at radius 1 is 0.917 bits per heavy atom. The molecule has 2 aromatic rings. The summed E-state index contributed by atoms with van der Waals surface area (Å²) < 4.78 is 5.75. The molecule has 24 heavy (non-hydrogen) atoms. The number of hydrogen-bond acceptors (Lipinski definition) is 4. The highest BCUT2D eigenvalue weighted by Crippen LogP contribution is 2.23. The number of likely N-dealkylation sites (tertiary alicyclic amines) is 1. The van der Waals surface area contributed by atoms with Gasteiger partial charge in [-0.1, -0.05) is 30.3 Å². The largest absolute Gasteiger partial charge is 0.489 e. The lowest BCUT2D eigenvalue weighted by atomic mass is 10.2. The number of hydrogen-bond donors (Lipinski definition) is 0. The standard InChI is InChI=1S/C19H19NO3S/c21-18-10-11-19(22)20(18)12-13-24-17-8-6-16(7-9-17)23-14-15-4-2-1-3-5-15/h1-9H,10-14H2. The molecule has 2 amide bonds. The Morgan fingerprint density at radius 2 is 1.58 bits per heavy atom. The molecule has 0 bridgehead atoms. The van der Waals surface area contributed by atoms with Crippen molar-refractivity contribution < 1.29 is 14.3 Å². The van der Waals surface area contributed by atoms with Crippen LogP contribution >= 0.6 is 11.8 Å². The van der Waals surface area contributed by atoms with E-state index in [1.165, 1.54) is 4.90 Å². The van der Waals surface area contributed by atoms with Gasteiger partial charge >= 0.3 is 0 Å². The van der Waals surface area contributed by atoms with Gasteiger partial charge in [-0.3, -0.25) is 14.5 Å². The topological polar surface area (TPSA) is 46.6 Å². The van der Waals surface area contributed by atoms with Crippen LogP contribution in [0.2, 0.25) is 0 Å². The minimum absolute atomic E-state index is 0.0507. The maximum Gasteiger partial charge on any atom is 0.229 e. The van der Waals surface area contributed by atoms with Gasteiger partial charge in [-0.05, 0) is 29.8 Å². The predicted molar refractivity (Wildman–Crippen MR) is 93.9 cm³/mol. The van der Waals surface area contributed by atoms with Crippen molar-refractivity contribution in [1.82, 2.24) is 4.90 Å². The Balaban J connectivity index is 1.44. The summed E-state index contributed by atoms with van der Waals surface area (Å²) in [6.45, 7) is 1.03. The molecule has 0 radical (unpaired) electrons. The second-order valence-electron chi connectivity index (χ2n) is 5.53. The van der Waals surface area contributed by atoms with Gasteiger partial charge in [0.15, 0.2) is 0 Å². The van der Waals surface area contributed by atoms with E-state index < -0.39 is 0 Å². The van der Waals surface area contributed by atoms with E-state index in [4.69, 9.17) is 4.74 Å². The van der Waals surface area contributed by atoms with Gasteiger partial charge in [-0.15, -0.1) is 11.8 Å². The number of benzene rings is 2. The summed E-state index contributed by atoms with van der Waals surface area (Å²) in [5.74, 6) is 1.44. The fraction of sp³-hybridized carbons (Fsp3) is 0.263. The van der Waals surface area contributed by atoms with Gasteiger partial charge in [0.2, 0.25) is 11.8 Å². The van der Waals surface area contributed by atoms with Crippen LogP contribution in [0, 0.1) is 0 Å². The van der Waals surface area contributed by atoms with Crippen molar-refractivity contribution in [3.8, 4) is 5.75 Å². The first-order valence-corrected chi connectivity index (χ1v) is 8.94. The molecule has 1 saturated heterocycles. The molecule has 4 nitrogen and oxygen atoms in total. The normalized spacial score (nSPS) is 14.2. The average Bonchev–Trinajstić information content (AvgIpc) is 2.94. The maximum absolute atomic E-state index is 11.5. The van der Waals surface area contributed by atoms with Crippen molar-refractivity contribution in [3.63, 3.8) is 0 Å². The molecule has 0 atom stereocenters. The third-order valence-corrected chi connectivity index (χ3v) is 4.80. The van der Waals surface area contributed by atoms with Crippen LogP contribution in [-0.2, 0) is 16.2 Å². The average molecular weight is 341 g/mol. The lowest BCUT2D eigenvalue weighted by Crippen LogP contribution is -2.31. The molecule has 0 aromatic heterocycles. The third-order valence-electron chi connectivity index (χ3n) is 3.81. The number of rotatable bonds is 7. The molecule has 0 N–H and O–H groups in total. The van der Waals surface area contributed by atoms with Gasteiger partial charge < -0.3 is 4.74 Å². The SMILES string of the molecule is O=C1CCC(=O)N1CCSc1ccc(OCc2ccccc2)cc1. The Bertz CT molecular complexity index is 684. The van der Waals surface area contributed by atoms with Crippen LogP contribution < -0.4 is 4.74 Å². The van der Waals surface area contributed by atoms with Gasteiger partial charge in [-0.25, -0.2) is 0 Å². The number of nitrogens with zero attached hydrogens (tertiary/aromatic N) is 1. The Labute approximate surface area is 145 Å². The van der Waals surface area contributed by atoms with E-state index in [2.05, 4.69) is 0 Å². The number of carbonyl (C=O) groups excluding carboxylic acids is 2. The first-order valence-electron chi connectivity index (χ1n) is 7.95. The lowest BCUT2D eigenvalue weighted by molar-refractivity contribution is -0.137. The van der Waals surface area contributed by atoms with E-state index in [9.17, 15) is 9.59 Å². The molecule has 0 aliphatic carbocycles. The molecular weight excluding hydrogens is 322 g/mol. The molecule has 0 spiro atoms. The zero-order valence-corrected chi connectivity index (χ0v) is 14.1. The molecular formula is C19H19NO3S. The van der Waals surface area contributed by atoms with Gasteiger partial charge in [0.05, 0.1) is 0 Å². The summed E-state index contributed by atoms with van der Waals surface area (Å²) >= 11 is 1.63. The first-order chi connectivity index (χ1) is 11.7. The van der Waals surface area contributed by atoms with E-state index in [1.807, 2.05) is 54.6 Å². The Morgan fingerprint density at radius 3 is 2.25 bits per heavy atom. The number of ether oxygens (including phenoxy) is 1. The van der Waals surface area contributed by atoms with Crippen LogP contribution in [0.3, 0.4) is 0 Å². The van der Waals surface area contributed by atoms with E-state index >= 15 is 0 Å². The lowest BCUT2D eigenvalue weighted by Gasteiger charge is -2.13. The van der Waals surface area contributed by atoms with Crippen molar-refractivity contribution >= 4 is 23.6 Å². The van der Waals surface area contributed by atoms with E-state index in [1.54, 1.807) is 11.8 Å². The van der Waals surface area contributed by atoms with Gasteiger partial charge in [0.1, 0.15) is 12.4 Å². The second kappa shape index (κ2) is 8.02. The molecule has 1 fully saturated rings. The number of thioether (sulfide) groups is 1. The predicted octanol–water partition coefficient (Wildman–Crippen LogP) is 3.51. The molecule has 1 heterocycles. The van der Waals surface area contributed by atoms with Crippen LogP contribution in [0.4, 0.5) is 0 Å². The summed E-state index contributed by atoms with van der Waals surface area (Å²) in [5.41, 5.74) is 1.14. The summed E-state index contributed by atoms with van der Waals surface area (Å²) in [6, 6.07) is 17.9. The molecule has 3 rings (SSSR count). The zero-order chi connectivity index (χ0) is 16.8. The minimum atomic E-state index is -0.0507. The molecule has 2 aromatic carbocycles. The summed E-state index contributed by atoms with van der Waals surface area (Å²) in [4.78, 5) is 25.5. The van der Waals surface area contributed by atoms with Gasteiger partial charge in [0, 0.05) is 30.0 Å². The van der Waals surface area contributed by atoms with Crippen molar-refractivity contribution in [1.29, 1.82) is 0 Å². The second-order valence-corrected chi connectivity index (χ2v) is 6.70. The molecule has 1 aliphatic heterocycles. The maximum atomic E-state index is 11.5. The van der Waals surface area contributed by atoms with Crippen molar-refractivity contribution in [2.24, 2.45) is 0 Å². The Kier molecular flexibility index (Phi) is 5.54. The molecule has 1 aliphatic rings. The fourth-order valence-electron chi connectivity index (χ4n) is 2.50. The summed E-state index contributed by atoms with van der Waals surface area (Å²) in [7, 11) is 0. The van der Waals surface area contributed by atoms with Gasteiger partial charge in [0.25, 0.3) is 0 Å². The monoisotopic (exact) mass is 341 g/mol. The molecule has 124 valence electrons. The smallest absolute Gasteiger partial charge is 0.229 e. The highest BCUT2D eigenvalue weighted by Gasteiger charge is 2.27. The first kappa shape index (κ1) is 16.6. The molecule has 0 unspecified atom stereocenters. The number of imide groups is 1. The van der Waals surface area contributed by atoms with E-state index in [0.717, 1.165) is 16.2 Å². The van der Waals surface area contributed by atoms with Crippen LogP contribution in [0.15, 0.2) is 59.5 Å². The highest BCUT2D eigenvalue weighted by atomic mass is 32.2.